The van der Waals surface area contributed by atoms with Crippen molar-refractivity contribution in [1.29, 1.82) is 0 Å². The normalized spacial score (nSPS) is 18.7. The molecule has 0 aliphatic heterocycles. The molecule has 23 heavy (non-hydrogen) atoms. The maximum Gasteiger partial charge on any atom is 2.00 e. The van der Waals surface area contributed by atoms with E-state index in [4.69, 9.17) is 21.7 Å². The predicted molar refractivity (Wildman–Crippen MR) is 82.3 cm³/mol. The summed E-state index contributed by atoms with van der Waals surface area (Å²) in [6.07, 6.45) is 4.25. The number of benzene rings is 1. The van der Waals surface area contributed by atoms with E-state index in [1.807, 2.05) is 0 Å². The zero-order valence-corrected chi connectivity index (χ0v) is 14.6. The predicted octanol–water partition coefficient (Wildman–Crippen LogP) is 1.83. The molecule has 1 saturated carbocycles. The minimum Gasteiger partial charge on any atom is -0.676 e. The van der Waals surface area contributed by atoms with Gasteiger partial charge in [-0.1, -0.05) is 37.8 Å². The van der Waals surface area contributed by atoms with E-state index in [1.54, 1.807) is 0 Å². The summed E-state index contributed by atoms with van der Waals surface area (Å²) in [4.78, 5) is 20.9. The van der Waals surface area contributed by atoms with Gasteiger partial charge >= 0.3 is 33.0 Å². The quantitative estimate of drug-likeness (QED) is 0.616. The van der Waals surface area contributed by atoms with Crippen LogP contribution in [0.15, 0.2) is 24.3 Å². The molecule has 2 atom stereocenters. The second-order valence-electron chi connectivity index (χ2n) is 4.65. The third kappa shape index (κ3) is 8.78. The number of carbonyl (C=O) groups is 2. The fourth-order valence-electron chi connectivity index (χ4n) is 1.99. The molecular formula is C14H22N2O6Pt. The molecule has 9 heteroatoms. The number of nitrogens with one attached hydrogen (secondary N) is 2. The summed E-state index contributed by atoms with van der Waals surface area (Å²) in [6.45, 7) is 0. The summed E-state index contributed by atoms with van der Waals surface area (Å²) in [5.41, 5.74) is 14.2. The molecule has 0 bridgehead atoms. The van der Waals surface area contributed by atoms with Gasteiger partial charge in [-0.3, -0.25) is 0 Å². The molecule has 134 valence electrons. The molecule has 8 nitrogen and oxygen atoms in total. The van der Waals surface area contributed by atoms with E-state index in [0.29, 0.717) is 0 Å². The van der Waals surface area contributed by atoms with Gasteiger partial charge in [0.05, 0.1) is 11.1 Å². The van der Waals surface area contributed by atoms with Gasteiger partial charge in [-0.2, -0.15) is 12.1 Å². The third-order valence-electron chi connectivity index (χ3n) is 3.15. The number of hydrogen-bond acceptors (Lipinski definition) is 2. The minimum atomic E-state index is -1.23. The maximum absolute atomic E-state index is 10.5. The number of aromatic carboxylic acids is 2. The Balaban J connectivity index is -0.000000325. The summed E-state index contributed by atoms with van der Waals surface area (Å²) < 4.78 is 0. The van der Waals surface area contributed by atoms with Gasteiger partial charge in [-0.05, 0) is 12.1 Å². The van der Waals surface area contributed by atoms with Crippen molar-refractivity contribution in [3.05, 3.63) is 46.9 Å². The van der Waals surface area contributed by atoms with Crippen LogP contribution < -0.4 is 0 Å². The summed E-state index contributed by atoms with van der Waals surface area (Å²) in [6, 6.07) is 5.32. The van der Waals surface area contributed by atoms with Gasteiger partial charge in [-0.25, -0.2) is 9.59 Å². The average molecular weight is 509 g/mol. The monoisotopic (exact) mass is 509 g/mol. The zero-order valence-electron chi connectivity index (χ0n) is 12.3. The van der Waals surface area contributed by atoms with Gasteiger partial charge in [0.15, 0.2) is 0 Å². The van der Waals surface area contributed by atoms with E-state index in [2.05, 4.69) is 0 Å². The van der Waals surface area contributed by atoms with E-state index >= 15 is 0 Å². The van der Waals surface area contributed by atoms with Crippen molar-refractivity contribution in [3.63, 3.8) is 0 Å². The van der Waals surface area contributed by atoms with Gasteiger partial charge in [-0.15, -0.1) is 0 Å². The minimum absolute atomic E-state index is 0. The van der Waals surface area contributed by atoms with Crippen molar-refractivity contribution in [3.8, 4) is 0 Å². The smallest absolute Gasteiger partial charge is 0.676 e. The Morgan fingerprint density at radius 1 is 0.870 bits per heavy atom. The average Bonchev–Trinajstić information content (AvgIpc) is 2.43. The Morgan fingerprint density at radius 3 is 1.39 bits per heavy atom. The van der Waals surface area contributed by atoms with Crippen LogP contribution in [0.25, 0.3) is 11.5 Å². The molecule has 1 aliphatic carbocycles. The Labute approximate surface area is 148 Å². The maximum atomic E-state index is 10.5. The zero-order chi connectivity index (χ0) is 15.1. The summed E-state index contributed by atoms with van der Waals surface area (Å²) in [5.74, 6) is -2.46. The van der Waals surface area contributed by atoms with Crippen LogP contribution in [0.5, 0.6) is 0 Å². The second-order valence-corrected chi connectivity index (χ2v) is 4.65. The van der Waals surface area contributed by atoms with Crippen molar-refractivity contribution in [2.75, 3.05) is 0 Å². The molecule has 0 aromatic heterocycles. The van der Waals surface area contributed by atoms with Crippen molar-refractivity contribution in [2.24, 2.45) is 0 Å². The molecule has 1 aromatic carbocycles. The fourth-order valence-corrected chi connectivity index (χ4v) is 1.99. The topological polar surface area (TPSA) is 185 Å². The number of rotatable bonds is 2. The van der Waals surface area contributed by atoms with E-state index < -0.39 is 11.9 Å². The van der Waals surface area contributed by atoms with Crippen LogP contribution in [0.4, 0.5) is 0 Å². The number of carboxylic acids is 2. The van der Waals surface area contributed by atoms with E-state index in [-0.39, 0.29) is 55.2 Å². The Hall–Kier alpha value is -1.31. The van der Waals surface area contributed by atoms with Crippen LogP contribution >= 0.6 is 0 Å². The van der Waals surface area contributed by atoms with E-state index in [1.165, 1.54) is 37.1 Å². The first kappa shape index (κ1) is 26.6. The standard InChI is InChI=1S/C8H6O4.C6H12N2.2H2O.Pt/c9-7(10)5-3-1-2-4-6(5)8(11)12;7-5-3-1-2-4-6(5)8;;;/h1-4H,(H,9,10)(H,11,12);5-8H,1-4H2;2*1H2;/q;-2;;;+2. The van der Waals surface area contributed by atoms with Gasteiger partial charge < -0.3 is 32.6 Å². The summed E-state index contributed by atoms with van der Waals surface area (Å²) >= 11 is 0. The Morgan fingerprint density at radius 2 is 1.17 bits per heavy atom. The molecule has 0 spiro atoms. The molecule has 0 radical (unpaired) electrons. The van der Waals surface area contributed by atoms with Crippen LogP contribution in [-0.4, -0.2) is 45.2 Å². The fraction of sp³-hybridized carbons (Fsp3) is 0.429. The van der Waals surface area contributed by atoms with Crippen LogP contribution in [0, 0.1) is 0 Å². The largest absolute Gasteiger partial charge is 2.00 e. The molecule has 0 amide bonds. The van der Waals surface area contributed by atoms with Crippen molar-refractivity contribution in [1.82, 2.24) is 0 Å². The first-order valence-corrected chi connectivity index (χ1v) is 6.41. The summed E-state index contributed by atoms with van der Waals surface area (Å²) in [5, 5.41) is 17.1. The van der Waals surface area contributed by atoms with Gasteiger partial charge in [0, 0.05) is 0 Å². The van der Waals surface area contributed by atoms with E-state index in [9.17, 15) is 9.59 Å². The molecule has 8 N–H and O–H groups in total. The number of carboxylic acid groups (broad SMARTS) is 2. The molecule has 2 rings (SSSR count). The molecule has 1 fully saturated rings. The van der Waals surface area contributed by atoms with E-state index in [0.717, 1.165) is 12.8 Å². The first-order chi connectivity index (χ1) is 9.43. The summed E-state index contributed by atoms with van der Waals surface area (Å²) in [7, 11) is 0. The molecular weight excluding hydrogens is 487 g/mol. The first-order valence-electron chi connectivity index (χ1n) is 6.41. The van der Waals surface area contributed by atoms with Crippen molar-refractivity contribution < 1.29 is 51.8 Å². The molecule has 2 unspecified atom stereocenters. The van der Waals surface area contributed by atoms with Crippen molar-refractivity contribution in [2.45, 2.75) is 37.8 Å². The molecule has 0 saturated heterocycles. The van der Waals surface area contributed by atoms with Gasteiger partial charge in [0.1, 0.15) is 0 Å². The Kier molecular flexibility index (Phi) is 15.2. The Bertz CT molecular complexity index is 443. The van der Waals surface area contributed by atoms with Gasteiger partial charge in [0.25, 0.3) is 0 Å². The molecule has 0 heterocycles. The molecule has 1 aromatic rings. The van der Waals surface area contributed by atoms with Crippen molar-refractivity contribution >= 4 is 11.9 Å². The number of hydrogen-bond donors (Lipinski definition) is 2. The second kappa shape index (κ2) is 13.2. The SMILES string of the molecule is O.O.O=C(O)c1ccccc1C(=O)O.[NH-]C1CCCCC1[NH-].[Pt+2]. The molecule has 1 aliphatic rings. The van der Waals surface area contributed by atoms with Crippen LogP contribution in [0.1, 0.15) is 46.4 Å². The van der Waals surface area contributed by atoms with Gasteiger partial charge in [0.2, 0.25) is 0 Å². The van der Waals surface area contributed by atoms with Crippen LogP contribution in [0.2, 0.25) is 0 Å². The van der Waals surface area contributed by atoms with Crippen LogP contribution in [0.3, 0.4) is 0 Å². The third-order valence-corrected chi connectivity index (χ3v) is 3.15. The van der Waals surface area contributed by atoms with Crippen LogP contribution in [-0.2, 0) is 21.1 Å².